The summed E-state index contributed by atoms with van der Waals surface area (Å²) in [6.07, 6.45) is 1.23. The molecule has 0 aromatic rings. The van der Waals surface area contributed by atoms with Crippen LogP contribution in [0, 0.1) is 0 Å². The van der Waals surface area contributed by atoms with E-state index in [1.165, 1.54) is 0 Å². The summed E-state index contributed by atoms with van der Waals surface area (Å²) in [6.45, 7) is 7.26. The average molecular weight is 589 g/mol. The molecule has 0 saturated carbocycles. The fraction of sp³-hybridized carbons (Fsp3) is 0.923. The Kier molecular flexibility index (Phi) is 32.5. The summed E-state index contributed by atoms with van der Waals surface area (Å²) in [5.74, 6) is -1.21. The Hall–Kier alpha value is -1.49. The third-order valence-electron chi connectivity index (χ3n) is 4.71. The third-order valence-corrected chi connectivity index (χ3v) is 4.71. The van der Waals surface area contributed by atoms with Crippen molar-refractivity contribution < 1.29 is 66.5 Å². The second kappa shape index (κ2) is 33.7. The Bertz CT molecular complexity index is 543. The number of hydrogen-bond donors (Lipinski definition) is 1. The van der Waals surface area contributed by atoms with E-state index >= 15 is 0 Å². The van der Waals surface area contributed by atoms with Gasteiger partial charge in [-0.2, -0.15) is 0 Å². The zero-order chi connectivity index (χ0) is 29.2. The van der Waals surface area contributed by atoms with Gasteiger partial charge in [-0.05, 0) is 12.8 Å². The predicted octanol–water partition coefficient (Wildman–Crippen LogP) is 1.29. The molecule has 14 heteroatoms. The number of carbonyl (C=O) groups excluding carboxylic acids is 1. The van der Waals surface area contributed by atoms with E-state index in [0.29, 0.717) is 119 Å². The molecule has 1 N–H and O–H groups in total. The molecule has 0 bridgehead atoms. The molecule has 0 atom stereocenters. The van der Waals surface area contributed by atoms with Gasteiger partial charge in [0.2, 0.25) is 0 Å². The van der Waals surface area contributed by atoms with Crippen molar-refractivity contribution in [2.24, 2.45) is 0 Å². The number of halogens is 1. The maximum atomic E-state index is 11.8. The van der Waals surface area contributed by atoms with Crippen molar-refractivity contribution in [3.63, 3.8) is 0 Å². The quantitative estimate of drug-likeness (QED) is 0.0852. The van der Waals surface area contributed by atoms with E-state index in [9.17, 15) is 14.0 Å². The minimum absolute atomic E-state index is 0.0588. The van der Waals surface area contributed by atoms with Gasteiger partial charge in [0.15, 0.2) is 0 Å². The summed E-state index contributed by atoms with van der Waals surface area (Å²) < 4.78 is 64.7. The summed E-state index contributed by atoms with van der Waals surface area (Å²) in [4.78, 5) is 21.8. The van der Waals surface area contributed by atoms with E-state index in [4.69, 9.17) is 52.5 Å². The molecule has 0 spiro atoms. The minimum Gasteiger partial charge on any atom is -0.481 e. The molecule has 0 aromatic heterocycles. The van der Waals surface area contributed by atoms with Gasteiger partial charge in [0, 0.05) is 12.8 Å². The summed E-state index contributed by atoms with van der Waals surface area (Å²) in [5, 5.41) is 8.53. The van der Waals surface area contributed by atoms with Gasteiger partial charge in [0.25, 0.3) is 0 Å². The number of alkyl halides is 1. The number of carboxylic acid groups (broad SMARTS) is 1. The van der Waals surface area contributed by atoms with Gasteiger partial charge in [-0.1, -0.05) is 0 Å². The van der Waals surface area contributed by atoms with Gasteiger partial charge >= 0.3 is 11.9 Å². The molecule has 0 aliphatic rings. The van der Waals surface area contributed by atoms with E-state index < -0.39 is 12.6 Å². The molecule has 0 aliphatic heterocycles. The summed E-state index contributed by atoms with van der Waals surface area (Å²) in [6, 6.07) is 0. The Morgan fingerprint density at radius 3 is 1.00 bits per heavy atom. The number of esters is 1. The number of carboxylic acids is 1. The van der Waals surface area contributed by atoms with E-state index in [2.05, 4.69) is 0 Å². The molecule has 40 heavy (non-hydrogen) atoms. The lowest BCUT2D eigenvalue weighted by molar-refractivity contribution is -0.146. The zero-order valence-corrected chi connectivity index (χ0v) is 23.7. The Morgan fingerprint density at radius 1 is 0.425 bits per heavy atom. The van der Waals surface area contributed by atoms with Crippen LogP contribution in [0.3, 0.4) is 0 Å². The number of carbonyl (C=O) groups is 2. The highest BCUT2D eigenvalue weighted by Gasteiger charge is 2.04. The highest BCUT2D eigenvalue weighted by molar-refractivity contribution is 5.69. The van der Waals surface area contributed by atoms with Crippen molar-refractivity contribution in [1.29, 1.82) is 0 Å². The van der Waals surface area contributed by atoms with Crippen molar-refractivity contribution in [3.05, 3.63) is 0 Å². The molecule has 0 unspecified atom stereocenters. The van der Waals surface area contributed by atoms with E-state index in [1.807, 2.05) is 0 Å². The SMILES string of the molecule is O=C(O)CCCCC(=O)OCCOCCOCCOCCOCCOCCOCCOCCOCCOCCF. The van der Waals surface area contributed by atoms with Crippen LogP contribution in [0.25, 0.3) is 0 Å². The van der Waals surface area contributed by atoms with E-state index in [1.54, 1.807) is 0 Å². The highest BCUT2D eigenvalue weighted by atomic mass is 19.1. The first-order valence-corrected chi connectivity index (χ1v) is 13.8. The third kappa shape index (κ3) is 34.5. The number of ether oxygens (including phenoxy) is 10. The monoisotopic (exact) mass is 588 g/mol. The molecule has 0 saturated heterocycles. The Labute approximate surface area is 236 Å². The molecule has 13 nitrogen and oxygen atoms in total. The summed E-state index contributed by atoms with van der Waals surface area (Å²) in [5.41, 5.74) is 0. The number of unbranched alkanes of at least 4 members (excludes halogenated alkanes) is 1. The first-order chi connectivity index (χ1) is 19.7. The normalized spacial score (nSPS) is 11.2. The van der Waals surface area contributed by atoms with Crippen LogP contribution in [0.5, 0.6) is 0 Å². The number of rotatable bonds is 34. The van der Waals surface area contributed by atoms with Crippen LogP contribution >= 0.6 is 0 Å². The van der Waals surface area contributed by atoms with Crippen LogP contribution in [0.2, 0.25) is 0 Å². The molecule has 0 amide bonds. The molecular formula is C26H49FO13. The lowest BCUT2D eigenvalue weighted by atomic mass is 10.2. The van der Waals surface area contributed by atoms with Gasteiger partial charge < -0.3 is 52.5 Å². The molecule has 0 fully saturated rings. The summed E-state index contributed by atoms with van der Waals surface area (Å²) >= 11 is 0. The lowest BCUT2D eigenvalue weighted by Crippen LogP contribution is -2.15. The van der Waals surface area contributed by atoms with Gasteiger partial charge in [-0.15, -0.1) is 0 Å². The van der Waals surface area contributed by atoms with E-state index in [0.717, 1.165) is 0 Å². The number of hydrogen-bond acceptors (Lipinski definition) is 12. The topological polar surface area (TPSA) is 147 Å². The first kappa shape index (κ1) is 38.5. The smallest absolute Gasteiger partial charge is 0.305 e. The van der Waals surface area contributed by atoms with Crippen LogP contribution in [0.15, 0.2) is 0 Å². The zero-order valence-electron chi connectivity index (χ0n) is 23.7. The van der Waals surface area contributed by atoms with Gasteiger partial charge in [-0.3, -0.25) is 9.59 Å². The lowest BCUT2D eigenvalue weighted by Gasteiger charge is -2.09. The second-order valence-corrected chi connectivity index (χ2v) is 8.02. The van der Waals surface area contributed by atoms with E-state index in [-0.39, 0.29) is 38.6 Å². The standard InChI is InChI=1S/C26H49FO13/c27-5-6-31-7-8-32-9-10-33-11-12-34-13-14-35-15-16-36-17-18-37-19-20-38-21-22-39-23-24-40-26(30)4-2-1-3-25(28)29/h1-24H2,(H,28,29). The van der Waals surface area contributed by atoms with Crippen molar-refractivity contribution in [1.82, 2.24) is 0 Å². The molecule has 0 aliphatic carbocycles. The van der Waals surface area contributed by atoms with Crippen LogP contribution in [0.4, 0.5) is 4.39 Å². The van der Waals surface area contributed by atoms with Crippen molar-refractivity contribution in [2.45, 2.75) is 25.7 Å². The van der Waals surface area contributed by atoms with Gasteiger partial charge in [0.1, 0.15) is 13.3 Å². The van der Waals surface area contributed by atoms with Crippen molar-refractivity contribution >= 4 is 11.9 Å². The largest absolute Gasteiger partial charge is 0.481 e. The Balaban J connectivity index is 3.09. The maximum absolute atomic E-state index is 11.8. The van der Waals surface area contributed by atoms with Crippen molar-refractivity contribution in [2.75, 3.05) is 132 Å². The number of aliphatic carboxylic acids is 1. The van der Waals surface area contributed by atoms with Crippen LogP contribution < -0.4 is 0 Å². The summed E-state index contributed by atoms with van der Waals surface area (Å²) in [7, 11) is 0. The molecular weight excluding hydrogens is 539 g/mol. The molecule has 0 heterocycles. The van der Waals surface area contributed by atoms with Crippen LogP contribution in [-0.2, 0) is 57.0 Å². The molecule has 0 aromatic carbocycles. The molecule has 238 valence electrons. The Morgan fingerprint density at radius 2 is 0.700 bits per heavy atom. The first-order valence-electron chi connectivity index (χ1n) is 13.8. The fourth-order valence-electron chi connectivity index (χ4n) is 2.75. The van der Waals surface area contributed by atoms with Crippen LogP contribution in [0.1, 0.15) is 25.7 Å². The van der Waals surface area contributed by atoms with Gasteiger partial charge in [-0.25, -0.2) is 4.39 Å². The fourth-order valence-corrected chi connectivity index (χ4v) is 2.75. The average Bonchev–Trinajstić information content (AvgIpc) is 2.94. The minimum atomic E-state index is -0.865. The molecule has 0 radical (unpaired) electrons. The van der Waals surface area contributed by atoms with Gasteiger partial charge in [0.05, 0.1) is 119 Å². The maximum Gasteiger partial charge on any atom is 0.305 e. The predicted molar refractivity (Wildman–Crippen MR) is 140 cm³/mol. The van der Waals surface area contributed by atoms with Crippen molar-refractivity contribution in [3.8, 4) is 0 Å². The van der Waals surface area contributed by atoms with Crippen LogP contribution in [-0.4, -0.2) is 149 Å². The second-order valence-electron chi connectivity index (χ2n) is 8.02. The molecule has 0 rings (SSSR count). The highest BCUT2D eigenvalue weighted by Crippen LogP contribution is 2.01.